The van der Waals surface area contributed by atoms with E-state index in [0.717, 1.165) is 11.8 Å². The van der Waals surface area contributed by atoms with E-state index >= 15 is 0 Å². The molecule has 0 aliphatic heterocycles. The van der Waals surface area contributed by atoms with Gasteiger partial charge in [0.15, 0.2) is 9.84 Å². The largest absolute Gasteiger partial charge is 0.326 e. The first kappa shape index (κ1) is 14.7. The van der Waals surface area contributed by atoms with Crippen LogP contribution < -0.4 is 10.6 Å². The Morgan fingerprint density at radius 1 is 1.44 bits per heavy atom. The van der Waals surface area contributed by atoms with Crippen molar-refractivity contribution in [3.8, 4) is 0 Å². The van der Waals surface area contributed by atoms with Crippen LogP contribution in [0.4, 0.5) is 5.69 Å². The molecule has 0 spiro atoms. The highest BCUT2D eigenvalue weighted by Crippen LogP contribution is 2.16. The van der Waals surface area contributed by atoms with Gasteiger partial charge in [0, 0.05) is 25.5 Å². The highest BCUT2D eigenvalue weighted by atomic mass is 32.2. The lowest BCUT2D eigenvalue weighted by molar-refractivity contribution is -0.117. The van der Waals surface area contributed by atoms with Gasteiger partial charge in [-0.25, -0.2) is 8.42 Å². The Bertz CT molecular complexity index is 540. The molecule has 0 aliphatic rings. The van der Waals surface area contributed by atoms with Crippen molar-refractivity contribution in [2.45, 2.75) is 18.7 Å². The smallest absolute Gasteiger partial charge is 0.244 e. The molecule has 1 aromatic carbocycles. The van der Waals surface area contributed by atoms with E-state index in [1.807, 2.05) is 6.07 Å². The van der Waals surface area contributed by atoms with Crippen LogP contribution in [0.1, 0.15) is 12.5 Å². The Kier molecular flexibility index (Phi) is 4.48. The average Bonchev–Trinajstić information content (AvgIpc) is 2.35. The van der Waals surface area contributed by atoms with Gasteiger partial charge in [-0.3, -0.25) is 4.79 Å². The molecule has 0 bridgehead atoms. The molecule has 18 heavy (non-hydrogen) atoms. The molecule has 1 unspecified atom stereocenters. The SMILES string of the molecule is CC(C(=O)N(C)c1cccc(CN)c1)S(C)(=O)=O. The fourth-order valence-corrected chi connectivity index (χ4v) is 2.00. The maximum absolute atomic E-state index is 12.0. The third-order valence-corrected chi connectivity index (χ3v) is 4.34. The Hall–Kier alpha value is -1.40. The Morgan fingerprint density at radius 3 is 2.56 bits per heavy atom. The van der Waals surface area contributed by atoms with Gasteiger partial charge in [-0.1, -0.05) is 12.1 Å². The molecule has 1 rings (SSSR count). The first-order chi connectivity index (χ1) is 8.27. The molecule has 0 saturated carbocycles. The summed E-state index contributed by atoms with van der Waals surface area (Å²) in [6.45, 7) is 1.76. The Labute approximate surface area is 108 Å². The summed E-state index contributed by atoms with van der Waals surface area (Å²) in [7, 11) is -1.83. The number of hydrogen-bond donors (Lipinski definition) is 1. The van der Waals surface area contributed by atoms with E-state index in [1.54, 1.807) is 25.2 Å². The quantitative estimate of drug-likeness (QED) is 0.866. The molecule has 100 valence electrons. The minimum atomic E-state index is -3.39. The molecule has 5 nitrogen and oxygen atoms in total. The second-order valence-corrected chi connectivity index (χ2v) is 6.61. The molecule has 1 atom stereocenters. The Morgan fingerprint density at radius 2 is 2.06 bits per heavy atom. The summed E-state index contributed by atoms with van der Waals surface area (Å²) in [6, 6.07) is 7.15. The summed E-state index contributed by atoms with van der Waals surface area (Å²) in [5.74, 6) is -0.452. The lowest BCUT2D eigenvalue weighted by Gasteiger charge is -2.21. The van der Waals surface area contributed by atoms with Crippen molar-refractivity contribution in [1.29, 1.82) is 0 Å². The van der Waals surface area contributed by atoms with Gasteiger partial charge in [0.2, 0.25) is 5.91 Å². The van der Waals surface area contributed by atoms with Gasteiger partial charge in [0.1, 0.15) is 5.25 Å². The molecule has 1 amide bonds. The highest BCUT2D eigenvalue weighted by molar-refractivity contribution is 7.92. The van der Waals surface area contributed by atoms with Crippen LogP contribution in [-0.4, -0.2) is 32.9 Å². The van der Waals surface area contributed by atoms with Crippen LogP contribution in [0.2, 0.25) is 0 Å². The zero-order chi connectivity index (χ0) is 13.9. The number of rotatable bonds is 4. The van der Waals surface area contributed by atoms with Gasteiger partial charge in [0.25, 0.3) is 0 Å². The van der Waals surface area contributed by atoms with Crippen molar-refractivity contribution in [2.24, 2.45) is 5.73 Å². The van der Waals surface area contributed by atoms with Crippen LogP contribution in [0.15, 0.2) is 24.3 Å². The number of amides is 1. The summed E-state index contributed by atoms with van der Waals surface area (Å²) in [4.78, 5) is 13.3. The molecule has 0 aromatic heterocycles. The van der Waals surface area contributed by atoms with Crippen LogP contribution in [-0.2, 0) is 21.2 Å². The minimum Gasteiger partial charge on any atom is -0.326 e. The number of sulfone groups is 1. The average molecular weight is 270 g/mol. The van der Waals surface area contributed by atoms with E-state index in [9.17, 15) is 13.2 Å². The number of hydrogen-bond acceptors (Lipinski definition) is 4. The number of nitrogens with two attached hydrogens (primary N) is 1. The highest BCUT2D eigenvalue weighted by Gasteiger charge is 2.27. The summed E-state index contributed by atoms with van der Waals surface area (Å²) in [5, 5.41) is -1.05. The van der Waals surface area contributed by atoms with Crippen LogP contribution in [0.5, 0.6) is 0 Å². The number of nitrogens with zero attached hydrogens (tertiary/aromatic N) is 1. The summed E-state index contributed by atoms with van der Waals surface area (Å²) in [6.07, 6.45) is 1.06. The third kappa shape index (κ3) is 3.30. The molecule has 6 heteroatoms. The van der Waals surface area contributed by atoms with Gasteiger partial charge >= 0.3 is 0 Å². The summed E-state index contributed by atoms with van der Waals surface area (Å²) < 4.78 is 22.7. The van der Waals surface area contributed by atoms with Crippen LogP contribution >= 0.6 is 0 Å². The van der Waals surface area contributed by atoms with Gasteiger partial charge in [-0.05, 0) is 24.6 Å². The predicted molar refractivity (Wildman–Crippen MR) is 72.0 cm³/mol. The topological polar surface area (TPSA) is 80.5 Å². The molecule has 0 radical (unpaired) electrons. The van der Waals surface area contributed by atoms with Gasteiger partial charge < -0.3 is 10.6 Å². The van der Waals surface area contributed by atoms with E-state index in [0.29, 0.717) is 12.2 Å². The first-order valence-corrected chi connectivity index (χ1v) is 7.48. The van der Waals surface area contributed by atoms with Crippen LogP contribution in [0.3, 0.4) is 0 Å². The van der Waals surface area contributed by atoms with Gasteiger partial charge in [0.05, 0.1) is 0 Å². The third-order valence-electron chi connectivity index (χ3n) is 2.85. The van der Waals surface area contributed by atoms with Gasteiger partial charge in [-0.15, -0.1) is 0 Å². The first-order valence-electron chi connectivity index (χ1n) is 5.53. The zero-order valence-corrected chi connectivity index (χ0v) is 11.6. The number of carbonyl (C=O) groups excluding carboxylic acids is 1. The van der Waals surface area contributed by atoms with E-state index in [4.69, 9.17) is 5.73 Å². The fraction of sp³-hybridized carbons (Fsp3) is 0.417. The molecule has 0 heterocycles. The van der Waals surface area contributed by atoms with Crippen molar-refractivity contribution < 1.29 is 13.2 Å². The number of anilines is 1. The van der Waals surface area contributed by atoms with E-state index in [1.165, 1.54) is 11.8 Å². The van der Waals surface area contributed by atoms with Crippen LogP contribution in [0, 0.1) is 0 Å². The van der Waals surface area contributed by atoms with Crippen LogP contribution in [0.25, 0.3) is 0 Å². The lowest BCUT2D eigenvalue weighted by Crippen LogP contribution is -2.39. The second-order valence-electron chi connectivity index (χ2n) is 4.24. The van der Waals surface area contributed by atoms with Crippen molar-refractivity contribution >= 4 is 21.4 Å². The standard InChI is InChI=1S/C12H18N2O3S/c1-9(18(3,16)17)12(15)14(2)11-6-4-5-10(7-11)8-13/h4-7,9H,8,13H2,1-3H3. The van der Waals surface area contributed by atoms with Crippen molar-refractivity contribution in [1.82, 2.24) is 0 Å². The van der Waals surface area contributed by atoms with Crippen molar-refractivity contribution in [3.63, 3.8) is 0 Å². The Balaban J connectivity index is 3.00. The molecule has 1 aromatic rings. The minimum absolute atomic E-state index is 0.373. The molecular weight excluding hydrogens is 252 g/mol. The maximum Gasteiger partial charge on any atom is 0.244 e. The molecule has 2 N–H and O–H groups in total. The van der Waals surface area contributed by atoms with E-state index in [-0.39, 0.29) is 0 Å². The molecule has 0 saturated heterocycles. The summed E-state index contributed by atoms with van der Waals surface area (Å²) >= 11 is 0. The van der Waals surface area contributed by atoms with E-state index in [2.05, 4.69) is 0 Å². The number of carbonyl (C=O) groups is 1. The van der Waals surface area contributed by atoms with E-state index < -0.39 is 21.0 Å². The van der Waals surface area contributed by atoms with Gasteiger partial charge in [-0.2, -0.15) is 0 Å². The monoisotopic (exact) mass is 270 g/mol. The molecular formula is C12H18N2O3S. The second kappa shape index (κ2) is 5.49. The summed E-state index contributed by atoms with van der Waals surface area (Å²) in [5.41, 5.74) is 7.05. The fourth-order valence-electron chi connectivity index (χ4n) is 1.48. The normalized spacial score (nSPS) is 13.1. The lowest BCUT2D eigenvalue weighted by atomic mass is 10.2. The van der Waals surface area contributed by atoms with Crippen molar-refractivity contribution in [3.05, 3.63) is 29.8 Å². The number of benzene rings is 1. The molecule has 0 aliphatic carbocycles. The maximum atomic E-state index is 12.0. The van der Waals surface area contributed by atoms with Crippen molar-refractivity contribution in [2.75, 3.05) is 18.2 Å². The zero-order valence-electron chi connectivity index (χ0n) is 10.8. The molecule has 0 fully saturated rings. The predicted octanol–water partition coefficient (Wildman–Crippen LogP) is 0.541.